The van der Waals surface area contributed by atoms with Gasteiger partial charge in [-0.15, -0.1) is 11.3 Å². The van der Waals surface area contributed by atoms with Crippen molar-refractivity contribution in [3.8, 4) is 5.75 Å². The van der Waals surface area contributed by atoms with Crippen LogP contribution >= 0.6 is 11.3 Å². The Bertz CT molecular complexity index is 911. The van der Waals surface area contributed by atoms with Crippen LogP contribution in [0.15, 0.2) is 46.9 Å². The van der Waals surface area contributed by atoms with Gasteiger partial charge in [-0.2, -0.15) is 0 Å². The first kappa shape index (κ1) is 19.4. The normalized spacial score (nSPS) is 20.9. The van der Waals surface area contributed by atoms with E-state index in [4.69, 9.17) is 9.57 Å². The standard InChI is InChI=1S/C21H23N3O4S/c1-27-16-7-5-15(6-8-16)22-20(26)18-13-21(28-23-18)9-3-10-24(14-21)19(25)12-17-4-2-11-29-17/h2,4-8,11H,3,9-10,12-14H2,1H3,(H,22,26)/t21-/m1/s1. The molecule has 0 bridgehead atoms. The van der Waals surface area contributed by atoms with Crippen molar-refractivity contribution in [3.63, 3.8) is 0 Å². The molecule has 0 saturated carbocycles. The average Bonchev–Trinajstić information content (AvgIpc) is 3.39. The molecule has 1 aromatic carbocycles. The van der Waals surface area contributed by atoms with Crippen LogP contribution in [0, 0.1) is 0 Å². The molecule has 2 aromatic rings. The van der Waals surface area contributed by atoms with E-state index in [1.165, 1.54) is 0 Å². The van der Waals surface area contributed by atoms with Gasteiger partial charge in [-0.1, -0.05) is 11.2 Å². The Morgan fingerprint density at radius 1 is 1.31 bits per heavy atom. The molecule has 1 spiro atoms. The van der Waals surface area contributed by atoms with Gasteiger partial charge in [-0.25, -0.2) is 0 Å². The number of nitrogens with zero attached hydrogens (tertiary/aromatic N) is 2. The summed E-state index contributed by atoms with van der Waals surface area (Å²) in [5, 5.41) is 8.87. The highest BCUT2D eigenvalue weighted by Gasteiger charge is 2.45. The lowest BCUT2D eigenvalue weighted by Gasteiger charge is -2.38. The van der Waals surface area contributed by atoms with Gasteiger partial charge in [0.25, 0.3) is 5.91 Å². The summed E-state index contributed by atoms with van der Waals surface area (Å²) >= 11 is 1.58. The van der Waals surface area contributed by atoms with Gasteiger partial charge in [-0.3, -0.25) is 9.59 Å². The van der Waals surface area contributed by atoms with E-state index >= 15 is 0 Å². The van der Waals surface area contributed by atoms with Crippen LogP contribution in [0.25, 0.3) is 0 Å². The molecule has 0 unspecified atom stereocenters. The Labute approximate surface area is 173 Å². The van der Waals surface area contributed by atoms with Gasteiger partial charge in [0.2, 0.25) is 5.91 Å². The molecular weight excluding hydrogens is 390 g/mol. The van der Waals surface area contributed by atoms with Gasteiger partial charge in [0.05, 0.1) is 20.1 Å². The Morgan fingerprint density at radius 3 is 2.86 bits per heavy atom. The molecule has 8 heteroatoms. The Hall–Kier alpha value is -2.87. The second-order valence-corrected chi connectivity index (χ2v) is 8.38. The molecule has 2 amide bonds. The number of methoxy groups -OCH3 is 1. The largest absolute Gasteiger partial charge is 0.497 e. The number of carbonyl (C=O) groups excluding carboxylic acids is 2. The summed E-state index contributed by atoms with van der Waals surface area (Å²) in [5.41, 5.74) is 0.417. The van der Waals surface area contributed by atoms with Crippen molar-refractivity contribution in [3.05, 3.63) is 46.7 Å². The predicted octanol–water partition coefficient (Wildman–Crippen LogP) is 3.08. The number of anilines is 1. The van der Waals surface area contributed by atoms with Crippen LogP contribution in [0.4, 0.5) is 5.69 Å². The molecule has 1 fully saturated rings. The van der Waals surface area contributed by atoms with Crippen LogP contribution in [0.1, 0.15) is 24.1 Å². The minimum Gasteiger partial charge on any atom is -0.497 e. The van der Waals surface area contributed by atoms with Crippen LogP contribution in [0.2, 0.25) is 0 Å². The fourth-order valence-corrected chi connectivity index (χ4v) is 4.42. The van der Waals surface area contributed by atoms with E-state index in [-0.39, 0.29) is 11.8 Å². The number of likely N-dealkylation sites (tertiary alicyclic amines) is 1. The average molecular weight is 413 g/mol. The minimum absolute atomic E-state index is 0.0891. The van der Waals surface area contributed by atoms with E-state index in [1.54, 1.807) is 42.7 Å². The molecule has 7 nitrogen and oxygen atoms in total. The lowest BCUT2D eigenvalue weighted by Crippen LogP contribution is -2.51. The van der Waals surface area contributed by atoms with Crippen molar-refractivity contribution in [2.45, 2.75) is 31.3 Å². The summed E-state index contributed by atoms with van der Waals surface area (Å²) in [6, 6.07) is 11.0. The molecule has 0 radical (unpaired) electrons. The number of benzene rings is 1. The van der Waals surface area contributed by atoms with E-state index in [0.717, 1.165) is 23.5 Å². The number of oxime groups is 1. The molecule has 1 saturated heterocycles. The zero-order valence-corrected chi connectivity index (χ0v) is 17.0. The van der Waals surface area contributed by atoms with Crippen LogP contribution in [-0.2, 0) is 20.8 Å². The van der Waals surface area contributed by atoms with Crippen LogP contribution in [0.3, 0.4) is 0 Å². The van der Waals surface area contributed by atoms with Crippen LogP contribution in [0.5, 0.6) is 5.75 Å². The molecule has 1 aromatic heterocycles. The number of ether oxygens (including phenoxy) is 1. The molecule has 4 rings (SSSR count). The summed E-state index contributed by atoms with van der Waals surface area (Å²) in [6.07, 6.45) is 2.41. The molecule has 3 heterocycles. The fourth-order valence-electron chi connectivity index (χ4n) is 3.72. The molecule has 2 aliphatic heterocycles. The van der Waals surface area contributed by atoms with Crippen molar-refractivity contribution in [1.82, 2.24) is 4.90 Å². The molecule has 1 N–H and O–H groups in total. The molecule has 2 aliphatic rings. The van der Waals surface area contributed by atoms with E-state index in [9.17, 15) is 9.59 Å². The zero-order chi connectivity index (χ0) is 20.3. The second-order valence-electron chi connectivity index (χ2n) is 7.35. The van der Waals surface area contributed by atoms with Gasteiger partial charge in [0, 0.05) is 23.5 Å². The third-order valence-electron chi connectivity index (χ3n) is 5.25. The number of amides is 2. The van der Waals surface area contributed by atoms with Gasteiger partial charge in [0.1, 0.15) is 11.5 Å². The van der Waals surface area contributed by atoms with Crippen LogP contribution < -0.4 is 10.1 Å². The first-order valence-corrected chi connectivity index (χ1v) is 10.5. The molecule has 1 atom stereocenters. The van der Waals surface area contributed by atoms with Gasteiger partial charge < -0.3 is 19.8 Å². The maximum absolute atomic E-state index is 12.7. The summed E-state index contributed by atoms with van der Waals surface area (Å²) in [7, 11) is 1.59. The summed E-state index contributed by atoms with van der Waals surface area (Å²) in [6.45, 7) is 1.17. The van der Waals surface area contributed by atoms with Gasteiger partial charge in [0.15, 0.2) is 5.60 Å². The maximum atomic E-state index is 12.7. The van der Waals surface area contributed by atoms with E-state index in [1.807, 2.05) is 22.4 Å². The molecular formula is C21H23N3O4S. The first-order valence-electron chi connectivity index (χ1n) is 9.57. The van der Waals surface area contributed by atoms with Crippen molar-refractivity contribution >= 4 is 34.6 Å². The van der Waals surface area contributed by atoms with Crippen LogP contribution in [-0.4, -0.2) is 48.2 Å². The smallest absolute Gasteiger partial charge is 0.273 e. The Kier molecular flexibility index (Phi) is 5.53. The number of nitrogens with one attached hydrogen (secondary N) is 1. The Balaban J connectivity index is 1.35. The lowest BCUT2D eigenvalue weighted by molar-refractivity contribution is -0.139. The summed E-state index contributed by atoms with van der Waals surface area (Å²) in [5.74, 6) is 0.526. The van der Waals surface area contributed by atoms with E-state index < -0.39 is 5.60 Å². The van der Waals surface area contributed by atoms with Crippen molar-refractivity contribution < 1.29 is 19.2 Å². The van der Waals surface area contributed by atoms with E-state index in [2.05, 4.69) is 10.5 Å². The highest BCUT2D eigenvalue weighted by molar-refractivity contribution is 7.10. The number of piperidine rings is 1. The van der Waals surface area contributed by atoms with Crippen molar-refractivity contribution in [1.29, 1.82) is 0 Å². The van der Waals surface area contributed by atoms with E-state index in [0.29, 0.717) is 37.3 Å². The monoisotopic (exact) mass is 413 g/mol. The molecule has 152 valence electrons. The maximum Gasteiger partial charge on any atom is 0.273 e. The quantitative estimate of drug-likeness (QED) is 0.817. The first-order chi connectivity index (χ1) is 14.1. The Morgan fingerprint density at radius 2 is 2.14 bits per heavy atom. The number of rotatable bonds is 5. The number of carbonyl (C=O) groups is 2. The third-order valence-corrected chi connectivity index (χ3v) is 6.12. The lowest BCUT2D eigenvalue weighted by atomic mass is 9.88. The minimum atomic E-state index is -0.601. The van der Waals surface area contributed by atoms with Gasteiger partial charge >= 0.3 is 0 Å². The topological polar surface area (TPSA) is 80.2 Å². The molecule has 29 heavy (non-hydrogen) atoms. The molecule has 0 aliphatic carbocycles. The predicted molar refractivity (Wildman–Crippen MR) is 111 cm³/mol. The highest BCUT2D eigenvalue weighted by atomic mass is 32.1. The second kappa shape index (κ2) is 8.24. The number of hydrogen-bond donors (Lipinski definition) is 1. The number of thiophene rings is 1. The van der Waals surface area contributed by atoms with Gasteiger partial charge in [-0.05, 0) is 48.6 Å². The third kappa shape index (κ3) is 4.42. The summed E-state index contributed by atoms with van der Waals surface area (Å²) in [4.78, 5) is 33.9. The van der Waals surface area contributed by atoms with Crippen molar-refractivity contribution in [2.75, 3.05) is 25.5 Å². The number of hydrogen-bond acceptors (Lipinski definition) is 6. The highest BCUT2D eigenvalue weighted by Crippen LogP contribution is 2.34. The van der Waals surface area contributed by atoms with Crippen molar-refractivity contribution in [2.24, 2.45) is 5.16 Å². The fraction of sp³-hybridized carbons (Fsp3) is 0.381. The summed E-state index contributed by atoms with van der Waals surface area (Å²) < 4.78 is 5.12. The zero-order valence-electron chi connectivity index (χ0n) is 16.2. The SMILES string of the molecule is COc1ccc(NC(=O)C2=NO[C@]3(CCCN(C(=O)Cc4cccs4)C3)C2)cc1.